The van der Waals surface area contributed by atoms with Gasteiger partial charge in [0.1, 0.15) is 18.2 Å². The molecule has 2 aromatic carbocycles. The van der Waals surface area contributed by atoms with Crippen LogP contribution in [-0.2, 0) is 6.42 Å². The number of aromatic hydroxyl groups is 1. The number of H-pyrrole nitrogens is 1. The molecule has 0 radical (unpaired) electrons. The highest BCUT2D eigenvalue weighted by Gasteiger charge is 2.26. The lowest BCUT2D eigenvalue weighted by Gasteiger charge is -2.26. The van der Waals surface area contributed by atoms with E-state index in [-0.39, 0.29) is 16.8 Å². The average Bonchev–Trinajstić information content (AvgIpc) is 3.39. The van der Waals surface area contributed by atoms with E-state index in [0.717, 1.165) is 53.4 Å². The molecule has 2 N–H and O–H groups in total. The minimum Gasteiger partial charge on any atom is -0.494 e. The van der Waals surface area contributed by atoms with Gasteiger partial charge < -0.3 is 14.7 Å². The van der Waals surface area contributed by atoms with E-state index < -0.39 is 0 Å². The molecule has 0 spiro atoms. The fourth-order valence-electron chi connectivity index (χ4n) is 4.34. The highest BCUT2D eigenvalue weighted by Crippen LogP contribution is 2.29. The first-order chi connectivity index (χ1) is 15.6. The lowest BCUT2D eigenvalue weighted by atomic mass is 10.1. The Morgan fingerprint density at radius 2 is 2.03 bits per heavy atom. The molecule has 7 heteroatoms. The monoisotopic (exact) mass is 447 g/mol. The number of hydrogen-bond acceptors (Lipinski definition) is 6. The van der Waals surface area contributed by atoms with E-state index in [0.29, 0.717) is 17.9 Å². The molecule has 4 aromatic rings. The molecule has 2 aromatic heterocycles. The summed E-state index contributed by atoms with van der Waals surface area (Å²) in [4.78, 5) is 21.4. The van der Waals surface area contributed by atoms with Crippen molar-refractivity contribution in [3.63, 3.8) is 0 Å². The third-order valence-electron chi connectivity index (χ3n) is 6.01. The molecule has 0 unspecified atom stereocenters. The Labute approximate surface area is 190 Å². The zero-order valence-electron chi connectivity index (χ0n) is 17.9. The molecule has 0 aliphatic carbocycles. The lowest BCUT2D eigenvalue weighted by Crippen LogP contribution is -2.34. The number of pyridine rings is 1. The molecule has 0 bridgehead atoms. The summed E-state index contributed by atoms with van der Waals surface area (Å²) in [5.74, 6) is 1.79. The number of rotatable bonds is 6. The molecule has 3 heterocycles. The molecule has 6 nitrogen and oxygen atoms in total. The summed E-state index contributed by atoms with van der Waals surface area (Å²) < 4.78 is 6.12. The van der Waals surface area contributed by atoms with Crippen LogP contribution >= 0.6 is 11.3 Å². The first-order valence-corrected chi connectivity index (χ1v) is 11.6. The molecule has 1 aliphatic rings. The van der Waals surface area contributed by atoms with Gasteiger partial charge in [-0.1, -0.05) is 41.7 Å². The van der Waals surface area contributed by atoms with E-state index >= 15 is 0 Å². The Hall–Kier alpha value is -3.32. The topological polar surface area (TPSA) is 78.5 Å². The van der Waals surface area contributed by atoms with E-state index in [4.69, 9.17) is 9.72 Å². The van der Waals surface area contributed by atoms with Crippen molar-refractivity contribution in [2.45, 2.75) is 32.2 Å². The van der Waals surface area contributed by atoms with Crippen molar-refractivity contribution in [1.82, 2.24) is 9.97 Å². The predicted octanol–water partition coefficient (Wildman–Crippen LogP) is 4.64. The molecule has 1 fully saturated rings. The Kier molecular flexibility index (Phi) is 5.57. The third-order valence-corrected chi connectivity index (χ3v) is 6.88. The second kappa shape index (κ2) is 8.67. The van der Waals surface area contributed by atoms with Gasteiger partial charge >= 0.3 is 4.87 Å². The first kappa shape index (κ1) is 20.6. The molecule has 164 valence electrons. The van der Waals surface area contributed by atoms with Crippen LogP contribution in [0.3, 0.4) is 0 Å². The van der Waals surface area contributed by atoms with Crippen molar-refractivity contribution in [1.29, 1.82) is 0 Å². The summed E-state index contributed by atoms with van der Waals surface area (Å²) in [5.41, 5.74) is 3.29. The molecule has 5 rings (SSSR count). The number of thiazole rings is 1. The number of para-hydroxylation sites is 1. The van der Waals surface area contributed by atoms with Crippen molar-refractivity contribution in [3.05, 3.63) is 80.3 Å². The summed E-state index contributed by atoms with van der Waals surface area (Å²) >= 11 is 1.04. The second-order valence-electron chi connectivity index (χ2n) is 8.22. The minimum absolute atomic E-state index is 0.0424. The van der Waals surface area contributed by atoms with Gasteiger partial charge in [-0.15, -0.1) is 0 Å². The number of aryl methyl sites for hydroxylation is 1. The van der Waals surface area contributed by atoms with Crippen molar-refractivity contribution < 1.29 is 9.84 Å². The standard InChI is InChI=1S/C25H25N3O3S/c1-16-13-23(26-21-7-3-2-6-20(16)21)28-12-4-5-18(28)15-31-19-10-8-17(9-11-19)14-22-24(29)27-25(30)32-22/h2-3,6-11,13,18,29H,4-5,12,14-15H2,1H3,(H,27,30)/t18-/m0/s1. The number of nitrogens with one attached hydrogen (secondary N) is 1. The number of benzene rings is 2. The Morgan fingerprint density at radius 1 is 1.22 bits per heavy atom. The minimum atomic E-state index is -0.241. The summed E-state index contributed by atoms with van der Waals surface area (Å²) in [5, 5.41) is 11.0. The highest BCUT2D eigenvalue weighted by molar-refractivity contribution is 7.09. The van der Waals surface area contributed by atoms with Crippen LogP contribution in [0, 0.1) is 6.92 Å². The van der Waals surface area contributed by atoms with Gasteiger partial charge in [0.15, 0.2) is 0 Å². The van der Waals surface area contributed by atoms with Crippen LogP contribution in [0.2, 0.25) is 0 Å². The second-order valence-corrected chi connectivity index (χ2v) is 9.29. The van der Waals surface area contributed by atoms with Crippen LogP contribution in [0.25, 0.3) is 10.9 Å². The smallest absolute Gasteiger partial charge is 0.307 e. The molecule has 1 saturated heterocycles. The normalized spacial score (nSPS) is 16.0. The van der Waals surface area contributed by atoms with E-state index in [1.54, 1.807) is 0 Å². The van der Waals surface area contributed by atoms with Crippen LogP contribution in [0.5, 0.6) is 11.6 Å². The van der Waals surface area contributed by atoms with Gasteiger partial charge in [-0.2, -0.15) is 0 Å². The van der Waals surface area contributed by atoms with Gasteiger partial charge in [0.25, 0.3) is 0 Å². The molecule has 0 saturated carbocycles. The van der Waals surface area contributed by atoms with E-state index in [2.05, 4.69) is 41.1 Å². The molecule has 0 amide bonds. The molecular weight excluding hydrogens is 422 g/mol. The average molecular weight is 448 g/mol. The Balaban J connectivity index is 1.25. The maximum Gasteiger partial charge on any atom is 0.307 e. The molecule has 32 heavy (non-hydrogen) atoms. The number of nitrogens with zero attached hydrogens (tertiary/aromatic N) is 2. The summed E-state index contributed by atoms with van der Waals surface area (Å²) in [6.45, 7) is 3.73. The summed E-state index contributed by atoms with van der Waals surface area (Å²) in [6.07, 6.45) is 2.72. The molecule has 1 aliphatic heterocycles. The van der Waals surface area contributed by atoms with E-state index in [9.17, 15) is 9.90 Å². The zero-order valence-corrected chi connectivity index (χ0v) is 18.7. The van der Waals surface area contributed by atoms with Gasteiger partial charge in [-0.3, -0.25) is 9.78 Å². The van der Waals surface area contributed by atoms with E-state index in [1.165, 1.54) is 10.9 Å². The van der Waals surface area contributed by atoms with Crippen LogP contribution in [0.1, 0.15) is 28.8 Å². The Bertz CT molecular complexity index is 1300. The first-order valence-electron chi connectivity index (χ1n) is 10.8. The van der Waals surface area contributed by atoms with Gasteiger partial charge in [-0.05, 0) is 55.2 Å². The fraction of sp³-hybridized carbons (Fsp3) is 0.280. The lowest BCUT2D eigenvalue weighted by molar-refractivity contribution is 0.288. The number of ether oxygens (including phenoxy) is 1. The largest absolute Gasteiger partial charge is 0.494 e. The van der Waals surface area contributed by atoms with Crippen molar-refractivity contribution >= 4 is 28.1 Å². The van der Waals surface area contributed by atoms with Gasteiger partial charge in [0, 0.05) is 18.4 Å². The number of fused-ring (bicyclic) bond motifs is 1. The van der Waals surface area contributed by atoms with Crippen molar-refractivity contribution in [2.24, 2.45) is 0 Å². The van der Waals surface area contributed by atoms with E-state index in [1.807, 2.05) is 30.3 Å². The van der Waals surface area contributed by atoms with Crippen molar-refractivity contribution in [2.75, 3.05) is 18.1 Å². The molecule has 1 atom stereocenters. The summed E-state index contributed by atoms with van der Waals surface area (Å²) in [6, 6.07) is 18.6. The van der Waals surface area contributed by atoms with Gasteiger partial charge in [0.05, 0.1) is 16.4 Å². The van der Waals surface area contributed by atoms with Gasteiger partial charge in [0.2, 0.25) is 5.88 Å². The number of hydrogen-bond donors (Lipinski definition) is 2. The fourth-order valence-corrected chi connectivity index (χ4v) is 5.10. The summed E-state index contributed by atoms with van der Waals surface area (Å²) in [7, 11) is 0. The maximum atomic E-state index is 11.4. The van der Waals surface area contributed by atoms with Crippen LogP contribution in [0.4, 0.5) is 5.82 Å². The quantitative estimate of drug-likeness (QED) is 0.450. The SMILES string of the molecule is Cc1cc(N2CCC[C@H]2COc2ccc(Cc3sc(=O)[nH]c3O)cc2)nc2ccccc12. The number of anilines is 1. The maximum absolute atomic E-state index is 11.4. The van der Waals surface area contributed by atoms with Crippen LogP contribution < -0.4 is 14.5 Å². The zero-order chi connectivity index (χ0) is 22.1. The van der Waals surface area contributed by atoms with Crippen molar-refractivity contribution in [3.8, 4) is 11.6 Å². The van der Waals surface area contributed by atoms with Gasteiger partial charge in [-0.25, -0.2) is 4.98 Å². The Morgan fingerprint density at radius 3 is 2.81 bits per heavy atom. The molecular formula is C25H25N3O3S. The van der Waals surface area contributed by atoms with Crippen LogP contribution in [0.15, 0.2) is 59.4 Å². The number of aromatic amines is 1. The highest BCUT2D eigenvalue weighted by atomic mass is 32.1. The predicted molar refractivity (Wildman–Crippen MR) is 128 cm³/mol. The number of aromatic nitrogens is 2. The van der Waals surface area contributed by atoms with Crippen LogP contribution in [-0.4, -0.2) is 34.3 Å². The third kappa shape index (κ3) is 4.21.